The van der Waals surface area contributed by atoms with E-state index in [9.17, 15) is 0 Å². The normalized spacial score (nSPS) is 22.5. The highest BCUT2D eigenvalue weighted by Gasteiger charge is 2.35. The third-order valence-electron chi connectivity index (χ3n) is 5.32. The predicted molar refractivity (Wildman–Crippen MR) is 112 cm³/mol. The molecule has 1 fully saturated rings. The second-order valence-electron chi connectivity index (χ2n) is 6.88. The predicted octanol–water partition coefficient (Wildman–Crippen LogP) is 4.57. The molecule has 3 rings (SSSR count). The van der Waals surface area contributed by atoms with Crippen LogP contribution < -0.4 is 15.8 Å². The van der Waals surface area contributed by atoms with Crippen LogP contribution >= 0.6 is 24.0 Å². The standard InChI is InChI=1S/C21H27ClN2O.ClH/c22-18-6-4-5-17(15-18)21(16-23)11-9-19(10-12-21)24-13-14-25-20-7-2-1-3-8-20;/h1-8,15,19,24H,9-14,16,23H2;1H/t19-,21-;. The average Bonchev–Trinajstić information content (AvgIpc) is 2.67. The van der Waals surface area contributed by atoms with Gasteiger partial charge in [-0.3, -0.25) is 0 Å². The summed E-state index contributed by atoms with van der Waals surface area (Å²) in [6, 6.07) is 18.7. The molecule has 1 aliphatic carbocycles. The van der Waals surface area contributed by atoms with Gasteiger partial charge in [-0.05, 0) is 55.5 Å². The molecule has 142 valence electrons. The molecule has 2 aromatic carbocycles. The Morgan fingerprint density at radius 2 is 1.81 bits per heavy atom. The van der Waals surface area contributed by atoms with Crippen molar-refractivity contribution in [2.24, 2.45) is 5.73 Å². The summed E-state index contributed by atoms with van der Waals surface area (Å²) in [7, 11) is 0. The van der Waals surface area contributed by atoms with Crippen LogP contribution in [0, 0.1) is 0 Å². The summed E-state index contributed by atoms with van der Waals surface area (Å²) in [6.45, 7) is 2.24. The number of hydrogen-bond donors (Lipinski definition) is 2. The van der Waals surface area contributed by atoms with Gasteiger partial charge in [0.2, 0.25) is 0 Å². The SMILES string of the molecule is Cl.NC[C@]1(c2cccc(Cl)c2)CC[C@H](NCCOc2ccccc2)CC1. The van der Waals surface area contributed by atoms with Crippen LogP contribution in [-0.2, 0) is 5.41 Å². The molecule has 26 heavy (non-hydrogen) atoms. The molecule has 0 unspecified atom stereocenters. The lowest BCUT2D eigenvalue weighted by Crippen LogP contribution is -2.44. The summed E-state index contributed by atoms with van der Waals surface area (Å²) >= 11 is 6.18. The second kappa shape index (κ2) is 10.2. The fourth-order valence-corrected chi connectivity index (χ4v) is 3.94. The van der Waals surface area contributed by atoms with Gasteiger partial charge in [0.05, 0.1) is 0 Å². The fraction of sp³-hybridized carbons (Fsp3) is 0.429. The van der Waals surface area contributed by atoms with Crippen LogP contribution in [-0.4, -0.2) is 25.7 Å². The largest absolute Gasteiger partial charge is 0.492 e. The Balaban J connectivity index is 0.00000243. The van der Waals surface area contributed by atoms with Crippen molar-refractivity contribution in [1.29, 1.82) is 0 Å². The highest BCUT2D eigenvalue weighted by Crippen LogP contribution is 2.39. The first kappa shape index (κ1) is 21.0. The molecule has 2 aromatic rings. The zero-order valence-electron chi connectivity index (χ0n) is 15.0. The second-order valence-corrected chi connectivity index (χ2v) is 7.32. The molecule has 0 amide bonds. The van der Waals surface area contributed by atoms with E-state index >= 15 is 0 Å². The summed E-state index contributed by atoms with van der Waals surface area (Å²) < 4.78 is 5.74. The topological polar surface area (TPSA) is 47.3 Å². The number of benzene rings is 2. The van der Waals surface area contributed by atoms with Gasteiger partial charge in [-0.2, -0.15) is 0 Å². The molecule has 5 heteroatoms. The van der Waals surface area contributed by atoms with Gasteiger partial charge in [-0.25, -0.2) is 0 Å². The Morgan fingerprint density at radius 1 is 1.08 bits per heavy atom. The Labute approximate surface area is 167 Å². The highest BCUT2D eigenvalue weighted by molar-refractivity contribution is 6.30. The molecule has 0 aliphatic heterocycles. The number of hydrogen-bond acceptors (Lipinski definition) is 3. The van der Waals surface area contributed by atoms with Crippen molar-refractivity contribution in [3.63, 3.8) is 0 Å². The fourth-order valence-electron chi connectivity index (χ4n) is 3.75. The number of halogens is 2. The van der Waals surface area contributed by atoms with E-state index in [2.05, 4.69) is 17.4 Å². The van der Waals surface area contributed by atoms with Crippen LogP contribution in [0.5, 0.6) is 5.75 Å². The van der Waals surface area contributed by atoms with Crippen LogP contribution in [0.1, 0.15) is 31.2 Å². The molecule has 0 radical (unpaired) electrons. The van der Waals surface area contributed by atoms with E-state index in [1.807, 2.05) is 42.5 Å². The van der Waals surface area contributed by atoms with Gasteiger partial charge in [-0.15, -0.1) is 12.4 Å². The molecule has 3 N–H and O–H groups in total. The van der Waals surface area contributed by atoms with Crippen LogP contribution in [0.25, 0.3) is 0 Å². The molecule has 0 saturated heterocycles. The first-order valence-electron chi connectivity index (χ1n) is 9.09. The van der Waals surface area contributed by atoms with Crippen LogP contribution in [0.3, 0.4) is 0 Å². The summed E-state index contributed by atoms with van der Waals surface area (Å²) in [6.07, 6.45) is 4.46. The van der Waals surface area contributed by atoms with Crippen LogP contribution in [0.15, 0.2) is 54.6 Å². The first-order valence-corrected chi connectivity index (χ1v) is 9.47. The van der Waals surface area contributed by atoms with Crippen LogP contribution in [0.4, 0.5) is 0 Å². The molecule has 0 spiro atoms. The Morgan fingerprint density at radius 3 is 2.46 bits per heavy atom. The van der Waals surface area contributed by atoms with Gasteiger partial charge in [-0.1, -0.05) is 41.9 Å². The number of para-hydroxylation sites is 1. The number of nitrogens with one attached hydrogen (secondary N) is 1. The molecule has 3 nitrogen and oxygen atoms in total. The summed E-state index contributed by atoms with van der Waals surface area (Å²) in [5, 5.41) is 4.42. The maximum absolute atomic E-state index is 6.18. The van der Waals surface area contributed by atoms with Gasteiger partial charge < -0.3 is 15.8 Å². The quantitative estimate of drug-likeness (QED) is 0.676. The summed E-state index contributed by atoms with van der Waals surface area (Å²) in [5.74, 6) is 0.927. The smallest absolute Gasteiger partial charge is 0.119 e. The lowest BCUT2D eigenvalue weighted by molar-refractivity contribution is 0.237. The molecule has 1 aliphatic rings. The molecular formula is C21H28Cl2N2O. The zero-order chi connectivity index (χ0) is 17.5. The zero-order valence-corrected chi connectivity index (χ0v) is 16.6. The molecular weight excluding hydrogens is 367 g/mol. The van der Waals surface area contributed by atoms with Crippen molar-refractivity contribution in [3.8, 4) is 5.75 Å². The Kier molecular flexibility index (Phi) is 8.23. The molecule has 0 bridgehead atoms. The maximum atomic E-state index is 6.18. The van der Waals surface area contributed by atoms with Gasteiger partial charge in [0.25, 0.3) is 0 Å². The highest BCUT2D eigenvalue weighted by atomic mass is 35.5. The van der Waals surface area contributed by atoms with E-state index in [4.69, 9.17) is 22.1 Å². The Bertz CT molecular complexity index is 658. The van der Waals surface area contributed by atoms with Crippen molar-refractivity contribution >= 4 is 24.0 Å². The number of rotatable bonds is 7. The van der Waals surface area contributed by atoms with E-state index in [-0.39, 0.29) is 17.8 Å². The molecule has 0 atom stereocenters. The maximum Gasteiger partial charge on any atom is 0.119 e. The first-order chi connectivity index (χ1) is 12.2. The van der Waals surface area contributed by atoms with Gasteiger partial charge >= 0.3 is 0 Å². The van der Waals surface area contributed by atoms with E-state index in [1.54, 1.807) is 0 Å². The minimum absolute atomic E-state index is 0. The van der Waals surface area contributed by atoms with Gasteiger partial charge in [0, 0.05) is 29.6 Å². The van der Waals surface area contributed by atoms with Crippen molar-refractivity contribution in [2.45, 2.75) is 37.1 Å². The van der Waals surface area contributed by atoms with Crippen molar-refractivity contribution < 1.29 is 4.74 Å². The third-order valence-corrected chi connectivity index (χ3v) is 5.55. The van der Waals surface area contributed by atoms with Crippen LogP contribution in [0.2, 0.25) is 5.02 Å². The number of ether oxygens (including phenoxy) is 1. The average molecular weight is 395 g/mol. The molecule has 0 heterocycles. The third kappa shape index (κ3) is 5.37. The van der Waals surface area contributed by atoms with Crippen molar-refractivity contribution in [3.05, 3.63) is 65.2 Å². The van der Waals surface area contributed by atoms with E-state index in [0.29, 0.717) is 19.2 Å². The molecule has 0 aromatic heterocycles. The van der Waals surface area contributed by atoms with E-state index in [1.165, 1.54) is 5.56 Å². The summed E-state index contributed by atoms with van der Waals surface area (Å²) in [4.78, 5) is 0. The lowest BCUT2D eigenvalue weighted by atomic mass is 9.68. The van der Waals surface area contributed by atoms with Crippen molar-refractivity contribution in [2.75, 3.05) is 19.7 Å². The lowest BCUT2D eigenvalue weighted by Gasteiger charge is -2.40. The molecule has 1 saturated carbocycles. The Hall–Kier alpha value is -1.26. The summed E-state index contributed by atoms with van der Waals surface area (Å²) in [5.41, 5.74) is 7.53. The number of nitrogens with two attached hydrogens (primary N) is 1. The van der Waals surface area contributed by atoms with E-state index in [0.717, 1.165) is 43.0 Å². The minimum Gasteiger partial charge on any atom is -0.492 e. The van der Waals surface area contributed by atoms with Crippen molar-refractivity contribution in [1.82, 2.24) is 5.32 Å². The monoisotopic (exact) mass is 394 g/mol. The van der Waals surface area contributed by atoms with E-state index < -0.39 is 0 Å². The van der Waals surface area contributed by atoms with Gasteiger partial charge in [0.15, 0.2) is 0 Å². The minimum atomic E-state index is 0. The van der Waals surface area contributed by atoms with Gasteiger partial charge in [0.1, 0.15) is 12.4 Å².